The van der Waals surface area contributed by atoms with Gasteiger partial charge in [-0.1, -0.05) is 29.8 Å². The van der Waals surface area contributed by atoms with Gasteiger partial charge in [0.1, 0.15) is 5.16 Å². The first kappa shape index (κ1) is 8.73. The fraction of sp³-hybridized carbons (Fsp3) is 0.111. The summed E-state index contributed by atoms with van der Waals surface area (Å²) in [5.74, 6) is 0. The van der Waals surface area contributed by atoms with Gasteiger partial charge in [-0.25, -0.2) is 0 Å². The van der Waals surface area contributed by atoms with Crippen LogP contribution in [0.2, 0.25) is 0 Å². The molecule has 0 unspecified atom stereocenters. The maximum absolute atomic E-state index is 5.92. The van der Waals surface area contributed by atoms with E-state index in [1.807, 2.05) is 41.4 Å². The van der Waals surface area contributed by atoms with Gasteiger partial charge in [-0.05, 0) is 18.2 Å². The highest BCUT2D eigenvalue weighted by atomic mass is 35.5. The molecule has 1 aliphatic rings. The third-order valence-corrected chi connectivity index (χ3v) is 2.64. The molecular formula is C9H8Cl2N2. The molecule has 0 atom stereocenters. The first-order valence-electron chi connectivity index (χ1n) is 3.93. The Hall–Kier alpha value is -0.860. The molecule has 1 aromatic rings. The molecule has 1 aliphatic heterocycles. The number of para-hydroxylation sites is 1. The Bertz CT molecular complexity index is 324. The largest absolute Gasteiger partial charge is 0.266 e. The van der Waals surface area contributed by atoms with E-state index in [1.165, 1.54) is 4.53 Å². The topological polar surface area (TPSA) is 6.48 Å². The summed E-state index contributed by atoms with van der Waals surface area (Å²) in [7, 11) is 0. The van der Waals surface area contributed by atoms with Gasteiger partial charge in [0.05, 0.1) is 12.2 Å². The van der Waals surface area contributed by atoms with Crippen molar-refractivity contribution in [3.63, 3.8) is 0 Å². The highest BCUT2D eigenvalue weighted by Crippen LogP contribution is 2.27. The maximum atomic E-state index is 5.92. The van der Waals surface area contributed by atoms with E-state index >= 15 is 0 Å². The number of rotatable bonds is 1. The van der Waals surface area contributed by atoms with E-state index in [0.717, 1.165) is 5.69 Å². The molecule has 0 spiro atoms. The van der Waals surface area contributed by atoms with E-state index in [1.54, 1.807) is 0 Å². The van der Waals surface area contributed by atoms with Crippen LogP contribution in [-0.2, 0) is 0 Å². The number of hydrazine groups is 1. The quantitative estimate of drug-likeness (QED) is 0.524. The summed E-state index contributed by atoms with van der Waals surface area (Å²) < 4.78 is 1.41. The van der Waals surface area contributed by atoms with Crippen molar-refractivity contribution in [2.75, 3.05) is 11.6 Å². The van der Waals surface area contributed by atoms with Crippen molar-refractivity contribution in [3.05, 3.63) is 41.6 Å². The molecule has 0 fully saturated rings. The van der Waals surface area contributed by atoms with Crippen molar-refractivity contribution < 1.29 is 0 Å². The van der Waals surface area contributed by atoms with E-state index in [0.29, 0.717) is 11.7 Å². The number of halogens is 2. The molecule has 0 aromatic heterocycles. The molecule has 0 saturated carbocycles. The minimum atomic E-state index is 0.547. The second-order valence-electron chi connectivity index (χ2n) is 2.70. The molecule has 4 heteroatoms. The molecule has 0 amide bonds. The summed E-state index contributed by atoms with van der Waals surface area (Å²) in [4.78, 5) is 0. The Morgan fingerprint density at radius 1 is 1.15 bits per heavy atom. The standard InChI is InChI=1S/C9H8Cl2N2/c10-9-6-7-12(13(9)11)8-4-2-1-3-5-8/h1-6H,7H2. The predicted octanol–water partition coefficient (Wildman–Crippen LogP) is 2.96. The van der Waals surface area contributed by atoms with Crippen molar-refractivity contribution in [3.8, 4) is 0 Å². The number of nitrogens with zero attached hydrogens (tertiary/aromatic N) is 2. The first-order chi connectivity index (χ1) is 6.29. The zero-order valence-electron chi connectivity index (χ0n) is 6.82. The maximum Gasteiger partial charge on any atom is 0.140 e. The van der Waals surface area contributed by atoms with Crippen LogP contribution in [-0.4, -0.2) is 11.1 Å². The molecule has 68 valence electrons. The number of hydrogen-bond acceptors (Lipinski definition) is 2. The van der Waals surface area contributed by atoms with Crippen LogP contribution in [0.4, 0.5) is 5.69 Å². The SMILES string of the molecule is ClC1=CCN(c2ccccc2)N1Cl. The fourth-order valence-corrected chi connectivity index (χ4v) is 1.61. The van der Waals surface area contributed by atoms with Crippen LogP contribution in [0.5, 0.6) is 0 Å². The molecule has 0 saturated heterocycles. The molecule has 13 heavy (non-hydrogen) atoms. The Morgan fingerprint density at radius 3 is 2.38 bits per heavy atom. The molecule has 0 bridgehead atoms. The van der Waals surface area contributed by atoms with Crippen molar-refractivity contribution in [1.82, 2.24) is 4.53 Å². The van der Waals surface area contributed by atoms with E-state index in [2.05, 4.69) is 0 Å². The predicted molar refractivity (Wildman–Crippen MR) is 55.4 cm³/mol. The minimum Gasteiger partial charge on any atom is -0.266 e. The summed E-state index contributed by atoms with van der Waals surface area (Å²) in [6, 6.07) is 9.86. The number of hydrogen-bond donors (Lipinski definition) is 0. The molecule has 0 radical (unpaired) electrons. The van der Waals surface area contributed by atoms with Crippen LogP contribution >= 0.6 is 23.4 Å². The lowest BCUT2D eigenvalue weighted by Gasteiger charge is -2.25. The van der Waals surface area contributed by atoms with Gasteiger partial charge in [-0.15, -0.1) is 0 Å². The van der Waals surface area contributed by atoms with Crippen LogP contribution in [0.1, 0.15) is 0 Å². The summed E-state index contributed by atoms with van der Waals surface area (Å²) in [5, 5.41) is 2.43. The van der Waals surface area contributed by atoms with Crippen molar-refractivity contribution in [1.29, 1.82) is 0 Å². The minimum absolute atomic E-state index is 0.547. The Balaban J connectivity index is 2.22. The second-order valence-corrected chi connectivity index (χ2v) is 3.41. The van der Waals surface area contributed by atoms with Crippen molar-refractivity contribution in [2.24, 2.45) is 0 Å². The Labute approximate surface area is 87.0 Å². The van der Waals surface area contributed by atoms with Gasteiger partial charge >= 0.3 is 0 Å². The number of anilines is 1. The van der Waals surface area contributed by atoms with Gasteiger partial charge in [-0.3, -0.25) is 5.01 Å². The molecular weight excluding hydrogens is 207 g/mol. The highest BCUT2D eigenvalue weighted by Gasteiger charge is 2.20. The van der Waals surface area contributed by atoms with Crippen molar-refractivity contribution >= 4 is 29.1 Å². The van der Waals surface area contributed by atoms with Crippen LogP contribution in [0.3, 0.4) is 0 Å². The molecule has 0 N–H and O–H groups in total. The van der Waals surface area contributed by atoms with E-state index in [9.17, 15) is 0 Å². The Kier molecular flexibility index (Phi) is 2.34. The third kappa shape index (κ3) is 1.60. The van der Waals surface area contributed by atoms with Crippen LogP contribution in [0.15, 0.2) is 41.6 Å². The summed E-state index contributed by atoms with van der Waals surface area (Å²) in [5.41, 5.74) is 1.03. The van der Waals surface area contributed by atoms with Crippen molar-refractivity contribution in [2.45, 2.75) is 0 Å². The monoisotopic (exact) mass is 214 g/mol. The van der Waals surface area contributed by atoms with Gasteiger partial charge in [-0.2, -0.15) is 4.53 Å². The molecule has 0 aliphatic carbocycles. The molecule has 1 aromatic carbocycles. The van der Waals surface area contributed by atoms with Gasteiger partial charge < -0.3 is 0 Å². The summed E-state index contributed by atoms with van der Waals surface area (Å²) in [6.45, 7) is 0.715. The summed E-state index contributed by atoms with van der Waals surface area (Å²) >= 11 is 11.7. The van der Waals surface area contributed by atoms with E-state index in [-0.39, 0.29) is 0 Å². The van der Waals surface area contributed by atoms with Crippen LogP contribution < -0.4 is 5.01 Å². The average Bonchev–Trinajstić information content (AvgIpc) is 2.49. The molecule has 2 rings (SSSR count). The molecule has 1 heterocycles. The average molecular weight is 215 g/mol. The van der Waals surface area contributed by atoms with E-state index in [4.69, 9.17) is 23.4 Å². The van der Waals surface area contributed by atoms with Gasteiger partial charge in [0, 0.05) is 11.8 Å². The second kappa shape index (κ2) is 3.48. The normalized spacial score (nSPS) is 16.3. The fourth-order valence-electron chi connectivity index (χ4n) is 1.23. The highest BCUT2D eigenvalue weighted by molar-refractivity contribution is 6.33. The zero-order valence-corrected chi connectivity index (χ0v) is 8.33. The number of benzene rings is 1. The van der Waals surface area contributed by atoms with E-state index < -0.39 is 0 Å². The zero-order chi connectivity index (χ0) is 9.26. The Morgan fingerprint density at radius 2 is 1.85 bits per heavy atom. The van der Waals surface area contributed by atoms with Gasteiger partial charge in [0.15, 0.2) is 0 Å². The lowest BCUT2D eigenvalue weighted by molar-refractivity contribution is 0.585. The van der Waals surface area contributed by atoms with Gasteiger partial charge in [0.25, 0.3) is 0 Å². The van der Waals surface area contributed by atoms with Crippen LogP contribution in [0, 0.1) is 0 Å². The smallest absolute Gasteiger partial charge is 0.140 e. The molecule has 2 nitrogen and oxygen atoms in total. The summed E-state index contributed by atoms with van der Waals surface area (Å²) in [6.07, 6.45) is 1.86. The first-order valence-corrected chi connectivity index (χ1v) is 4.65. The van der Waals surface area contributed by atoms with Gasteiger partial charge in [0.2, 0.25) is 0 Å². The third-order valence-electron chi connectivity index (χ3n) is 1.88. The lowest BCUT2D eigenvalue weighted by Crippen LogP contribution is -2.29. The lowest BCUT2D eigenvalue weighted by atomic mass is 10.3. The van der Waals surface area contributed by atoms with Crippen LogP contribution in [0.25, 0.3) is 0 Å².